The highest BCUT2D eigenvalue weighted by molar-refractivity contribution is 7.03. The summed E-state index contributed by atoms with van der Waals surface area (Å²) >= 11 is 0. The van der Waals surface area contributed by atoms with Crippen molar-refractivity contribution in [2.75, 3.05) is 0 Å². The first kappa shape index (κ1) is 22.8. The number of para-hydroxylation sites is 2. The van der Waals surface area contributed by atoms with E-state index in [1.807, 2.05) is 12.1 Å². The number of aromatic nitrogens is 3. The molecule has 194 valence electrons. The molecule has 4 nitrogen and oxygen atoms in total. The van der Waals surface area contributed by atoms with Crippen molar-refractivity contribution in [3.63, 3.8) is 0 Å². The van der Waals surface area contributed by atoms with Gasteiger partial charge in [-0.2, -0.15) is 0 Å². The zero-order chi connectivity index (χ0) is 27.3. The van der Waals surface area contributed by atoms with Gasteiger partial charge in [0.1, 0.15) is 19.5 Å². The number of benzene rings is 5. The van der Waals surface area contributed by atoms with Gasteiger partial charge in [-0.05, 0) is 28.9 Å². The molecule has 0 radical (unpaired) electrons. The van der Waals surface area contributed by atoms with Crippen molar-refractivity contribution in [3.8, 4) is 28.3 Å². The molecule has 3 aromatic heterocycles. The lowest BCUT2D eigenvalue weighted by Gasteiger charge is -2.19. The van der Waals surface area contributed by atoms with Crippen LogP contribution in [0.15, 0.2) is 120 Å². The van der Waals surface area contributed by atoms with Crippen molar-refractivity contribution < 1.29 is 4.42 Å². The summed E-state index contributed by atoms with van der Waals surface area (Å²) in [5.74, 6) is 1.67. The highest BCUT2D eigenvalue weighted by Crippen LogP contribution is 2.42. The van der Waals surface area contributed by atoms with Gasteiger partial charge < -0.3 is 4.42 Å². The van der Waals surface area contributed by atoms with Crippen LogP contribution in [0.2, 0.25) is 13.1 Å². The van der Waals surface area contributed by atoms with Gasteiger partial charge in [-0.3, -0.25) is 4.57 Å². The molecular formula is C36H25N3OSi. The van der Waals surface area contributed by atoms with E-state index < -0.39 is 8.07 Å². The van der Waals surface area contributed by atoms with Gasteiger partial charge in [0, 0.05) is 38.0 Å². The number of hydrogen-bond donors (Lipinski definition) is 0. The van der Waals surface area contributed by atoms with Gasteiger partial charge in [0.05, 0.1) is 11.0 Å². The number of nitrogens with zero attached hydrogens (tertiary/aromatic N) is 3. The van der Waals surface area contributed by atoms with E-state index in [1.165, 1.54) is 21.5 Å². The third-order valence-corrected chi connectivity index (χ3v) is 12.1. The molecule has 0 saturated carbocycles. The van der Waals surface area contributed by atoms with E-state index in [4.69, 9.17) is 14.4 Å². The molecule has 0 fully saturated rings. The standard InChI is InChI=1S/C36H25N3OSi/c1-41(2)30-19-11-8-16-27(30)31-35(37-34(38-36(31)41)22-12-4-3-5-13-22)39-28-17-9-6-14-23(28)25-20-21-26-24-15-7-10-18-29(24)40-33(26)32(25)39/h3-21H,1-2H3. The molecule has 9 rings (SSSR count). The first-order valence-electron chi connectivity index (χ1n) is 14.0. The van der Waals surface area contributed by atoms with Crippen LogP contribution >= 0.6 is 0 Å². The summed E-state index contributed by atoms with van der Waals surface area (Å²) in [4.78, 5) is 10.7. The molecule has 0 aliphatic carbocycles. The fourth-order valence-electron chi connectivity index (χ4n) is 6.85. The van der Waals surface area contributed by atoms with Gasteiger partial charge >= 0.3 is 0 Å². The van der Waals surface area contributed by atoms with Crippen molar-refractivity contribution in [3.05, 3.63) is 115 Å². The Kier molecular flexibility index (Phi) is 4.46. The predicted molar refractivity (Wildman–Crippen MR) is 171 cm³/mol. The summed E-state index contributed by atoms with van der Waals surface area (Å²) in [5, 5.41) is 7.17. The third-order valence-electron chi connectivity index (χ3n) is 8.77. The summed E-state index contributed by atoms with van der Waals surface area (Å²) in [6, 6.07) is 40.5. The van der Waals surface area contributed by atoms with Crippen molar-refractivity contribution in [2.45, 2.75) is 13.1 Å². The maximum atomic E-state index is 6.65. The molecule has 0 saturated heterocycles. The molecule has 0 atom stereocenters. The lowest BCUT2D eigenvalue weighted by molar-refractivity contribution is 0.671. The van der Waals surface area contributed by atoms with E-state index in [1.54, 1.807) is 0 Å². The Morgan fingerprint density at radius 3 is 2.22 bits per heavy atom. The molecule has 41 heavy (non-hydrogen) atoms. The lowest BCUT2D eigenvalue weighted by atomic mass is 10.1. The number of furan rings is 1. The molecule has 5 aromatic carbocycles. The van der Waals surface area contributed by atoms with E-state index in [0.29, 0.717) is 0 Å². The Labute approximate surface area is 237 Å². The predicted octanol–water partition coefficient (Wildman–Crippen LogP) is 7.94. The van der Waals surface area contributed by atoms with Gasteiger partial charge in [0.2, 0.25) is 0 Å². The summed E-state index contributed by atoms with van der Waals surface area (Å²) in [5.41, 5.74) is 7.35. The van der Waals surface area contributed by atoms with E-state index in [9.17, 15) is 0 Å². The second-order valence-corrected chi connectivity index (χ2v) is 15.7. The van der Waals surface area contributed by atoms with Gasteiger partial charge in [0.15, 0.2) is 11.4 Å². The summed E-state index contributed by atoms with van der Waals surface area (Å²) in [7, 11) is -2.09. The topological polar surface area (TPSA) is 43.9 Å². The number of rotatable bonds is 2. The maximum absolute atomic E-state index is 6.65. The Hall–Kier alpha value is -5.00. The first-order chi connectivity index (χ1) is 20.1. The zero-order valence-electron chi connectivity index (χ0n) is 22.7. The highest BCUT2D eigenvalue weighted by atomic mass is 28.3. The third kappa shape index (κ3) is 2.98. The van der Waals surface area contributed by atoms with Crippen LogP contribution in [0.3, 0.4) is 0 Å². The largest absolute Gasteiger partial charge is 0.454 e. The fourth-order valence-corrected chi connectivity index (χ4v) is 9.76. The molecule has 0 N–H and O–H groups in total. The van der Waals surface area contributed by atoms with Gasteiger partial charge in [-0.25, -0.2) is 9.97 Å². The number of hydrogen-bond acceptors (Lipinski definition) is 3. The van der Waals surface area contributed by atoms with E-state index >= 15 is 0 Å². The van der Waals surface area contributed by atoms with Gasteiger partial charge in [-0.1, -0.05) is 110 Å². The van der Waals surface area contributed by atoms with E-state index in [-0.39, 0.29) is 0 Å². The van der Waals surface area contributed by atoms with Crippen LogP contribution in [-0.2, 0) is 0 Å². The molecular weight excluding hydrogens is 519 g/mol. The first-order valence-corrected chi connectivity index (χ1v) is 17.0. The van der Waals surface area contributed by atoms with Crippen LogP contribution in [0.1, 0.15) is 0 Å². The van der Waals surface area contributed by atoms with E-state index in [0.717, 1.165) is 61.1 Å². The van der Waals surface area contributed by atoms with E-state index in [2.05, 4.69) is 121 Å². The quantitative estimate of drug-likeness (QED) is 0.208. The Bertz CT molecular complexity index is 2350. The molecule has 0 spiro atoms. The van der Waals surface area contributed by atoms with Crippen LogP contribution in [0.5, 0.6) is 0 Å². The minimum atomic E-state index is -2.09. The van der Waals surface area contributed by atoms with Gasteiger partial charge in [0.25, 0.3) is 0 Å². The van der Waals surface area contributed by atoms with Crippen LogP contribution in [-0.4, -0.2) is 22.6 Å². The molecule has 0 unspecified atom stereocenters. The molecule has 1 aliphatic rings. The second kappa shape index (κ2) is 8.02. The average Bonchev–Trinajstić information content (AvgIpc) is 3.64. The Morgan fingerprint density at radius 1 is 0.634 bits per heavy atom. The van der Waals surface area contributed by atoms with Crippen molar-refractivity contribution in [2.24, 2.45) is 0 Å². The average molecular weight is 544 g/mol. The minimum absolute atomic E-state index is 0.760. The van der Waals surface area contributed by atoms with Crippen LogP contribution in [0.4, 0.5) is 0 Å². The monoisotopic (exact) mass is 543 g/mol. The van der Waals surface area contributed by atoms with Crippen molar-refractivity contribution in [1.82, 2.24) is 14.5 Å². The summed E-state index contributed by atoms with van der Waals surface area (Å²) < 4.78 is 8.99. The molecule has 4 heterocycles. The second-order valence-electron chi connectivity index (χ2n) is 11.4. The SMILES string of the molecule is C[Si]1(C)c2ccccc2-c2c(-n3c4ccccc4c4ccc5c6ccccc6oc5c43)nc(-c3ccccc3)nc21. The molecule has 5 heteroatoms. The normalized spacial score (nSPS) is 13.8. The van der Waals surface area contributed by atoms with Crippen LogP contribution in [0, 0.1) is 0 Å². The van der Waals surface area contributed by atoms with Gasteiger partial charge in [-0.15, -0.1) is 0 Å². The smallest absolute Gasteiger partial charge is 0.161 e. The Balaban J connectivity index is 1.51. The Morgan fingerprint density at radius 2 is 1.34 bits per heavy atom. The minimum Gasteiger partial charge on any atom is -0.454 e. The van der Waals surface area contributed by atoms with Crippen molar-refractivity contribution in [1.29, 1.82) is 0 Å². The molecule has 8 aromatic rings. The summed E-state index contributed by atoms with van der Waals surface area (Å²) in [6.45, 7) is 4.82. The maximum Gasteiger partial charge on any atom is 0.161 e. The fraction of sp³-hybridized carbons (Fsp3) is 0.0556. The van der Waals surface area contributed by atoms with Crippen molar-refractivity contribution >= 4 is 62.3 Å². The number of fused-ring (bicyclic) bond motifs is 10. The highest BCUT2D eigenvalue weighted by Gasteiger charge is 2.42. The molecule has 0 amide bonds. The lowest BCUT2D eigenvalue weighted by Crippen LogP contribution is -2.51. The summed E-state index contributed by atoms with van der Waals surface area (Å²) in [6.07, 6.45) is 0. The van der Waals surface area contributed by atoms with Crippen LogP contribution < -0.4 is 10.5 Å². The van der Waals surface area contributed by atoms with Crippen LogP contribution in [0.25, 0.3) is 72.1 Å². The zero-order valence-corrected chi connectivity index (χ0v) is 23.7. The molecule has 1 aliphatic heterocycles. The molecule has 0 bridgehead atoms.